The summed E-state index contributed by atoms with van der Waals surface area (Å²) in [6.07, 6.45) is -0.293. The van der Waals surface area contributed by atoms with Crippen molar-refractivity contribution in [3.63, 3.8) is 0 Å². The van der Waals surface area contributed by atoms with Gasteiger partial charge in [-0.15, -0.1) is 11.8 Å². The quantitative estimate of drug-likeness (QED) is 0.723. The van der Waals surface area contributed by atoms with Gasteiger partial charge in [0.2, 0.25) is 0 Å². The number of thioether (sulfide) groups is 1. The number of anilines is 1. The third kappa shape index (κ3) is 3.83. The first kappa shape index (κ1) is 17.9. The van der Waals surface area contributed by atoms with Crippen LogP contribution in [-0.4, -0.2) is 36.6 Å². The van der Waals surface area contributed by atoms with Crippen molar-refractivity contribution >= 4 is 17.4 Å². The number of benzene rings is 1. The van der Waals surface area contributed by atoms with Gasteiger partial charge in [-0.05, 0) is 50.8 Å². The molecule has 0 aromatic heterocycles. The van der Waals surface area contributed by atoms with Crippen LogP contribution in [0.4, 0.5) is 18.9 Å². The highest BCUT2D eigenvalue weighted by molar-refractivity contribution is 8.00. The Hall–Kier alpha value is -0.920. The van der Waals surface area contributed by atoms with Gasteiger partial charge in [0.1, 0.15) is 5.25 Å². The number of nitrogens with one attached hydrogen (secondary N) is 2. The summed E-state index contributed by atoms with van der Waals surface area (Å²) in [7, 11) is 1.93. The van der Waals surface area contributed by atoms with Gasteiger partial charge in [0.05, 0.1) is 0 Å². The average molecular weight is 359 g/mol. The molecule has 0 saturated heterocycles. The number of fused-ring (bicyclic) bond motifs is 1. The maximum atomic E-state index is 13.0. The smallest absolute Gasteiger partial charge is 0.381 e. The third-order valence-electron chi connectivity index (χ3n) is 5.05. The molecule has 4 unspecified atom stereocenters. The normalized spacial score (nSPS) is 30.7. The fourth-order valence-corrected chi connectivity index (χ4v) is 4.86. The first-order valence-corrected chi connectivity index (χ1v) is 9.31. The summed E-state index contributed by atoms with van der Waals surface area (Å²) in [4.78, 5) is 0.763. The predicted molar refractivity (Wildman–Crippen MR) is 92.5 cm³/mol. The SMILES string of the molecule is CNC1CCC(Nc2cccc3c2SC(C(F)(F)F)C3)CCC1N. The minimum Gasteiger partial charge on any atom is -0.381 e. The zero-order valence-electron chi connectivity index (χ0n) is 13.7. The number of rotatable bonds is 3. The molecule has 0 bridgehead atoms. The number of hydrogen-bond donors (Lipinski definition) is 3. The number of hydrogen-bond acceptors (Lipinski definition) is 4. The van der Waals surface area contributed by atoms with Crippen LogP contribution in [0.25, 0.3) is 0 Å². The van der Waals surface area contributed by atoms with E-state index in [0.29, 0.717) is 6.04 Å². The fourth-order valence-electron chi connectivity index (χ4n) is 3.62. The Balaban J connectivity index is 1.71. The molecular formula is C17H24F3N3S. The van der Waals surface area contributed by atoms with Gasteiger partial charge in [-0.1, -0.05) is 12.1 Å². The van der Waals surface area contributed by atoms with E-state index >= 15 is 0 Å². The van der Waals surface area contributed by atoms with Crippen molar-refractivity contribution in [2.24, 2.45) is 5.73 Å². The second-order valence-corrected chi connectivity index (χ2v) is 7.91. The minimum absolute atomic E-state index is 0.0659. The minimum atomic E-state index is -4.16. The molecule has 7 heteroatoms. The highest BCUT2D eigenvalue weighted by atomic mass is 32.2. The van der Waals surface area contributed by atoms with Gasteiger partial charge < -0.3 is 16.4 Å². The van der Waals surface area contributed by atoms with Crippen LogP contribution in [-0.2, 0) is 6.42 Å². The lowest BCUT2D eigenvalue weighted by atomic mass is 10.1. The maximum Gasteiger partial charge on any atom is 0.401 e. The van der Waals surface area contributed by atoms with Crippen LogP contribution in [0.5, 0.6) is 0 Å². The lowest BCUT2D eigenvalue weighted by molar-refractivity contribution is -0.127. The summed E-state index contributed by atoms with van der Waals surface area (Å²) in [5.74, 6) is 0. The second-order valence-electron chi connectivity index (χ2n) is 6.70. The first-order chi connectivity index (χ1) is 11.4. The second kappa shape index (κ2) is 7.14. The Morgan fingerprint density at radius 1 is 1.17 bits per heavy atom. The van der Waals surface area contributed by atoms with Gasteiger partial charge >= 0.3 is 6.18 Å². The van der Waals surface area contributed by atoms with Crippen LogP contribution in [0.15, 0.2) is 23.1 Å². The van der Waals surface area contributed by atoms with E-state index in [1.807, 2.05) is 19.2 Å². The lowest BCUT2D eigenvalue weighted by Gasteiger charge is -2.20. The molecule has 3 rings (SSSR count). The predicted octanol–water partition coefficient (Wildman–Crippen LogP) is 3.54. The van der Waals surface area contributed by atoms with E-state index in [9.17, 15) is 13.2 Å². The fraction of sp³-hybridized carbons (Fsp3) is 0.647. The molecule has 1 aliphatic heterocycles. The van der Waals surface area contributed by atoms with Gasteiger partial charge in [0.15, 0.2) is 0 Å². The van der Waals surface area contributed by atoms with Gasteiger partial charge in [-0.3, -0.25) is 0 Å². The van der Waals surface area contributed by atoms with Gasteiger partial charge in [0, 0.05) is 28.7 Å². The molecule has 1 heterocycles. The van der Waals surface area contributed by atoms with Crippen LogP contribution in [0.3, 0.4) is 0 Å². The Labute approximate surface area is 144 Å². The Kier molecular flexibility index (Phi) is 5.32. The van der Waals surface area contributed by atoms with Crippen molar-refractivity contribution in [3.8, 4) is 0 Å². The Morgan fingerprint density at radius 2 is 1.92 bits per heavy atom. The van der Waals surface area contributed by atoms with Crippen molar-refractivity contribution in [1.29, 1.82) is 0 Å². The molecule has 0 spiro atoms. The molecule has 1 aliphatic carbocycles. The first-order valence-electron chi connectivity index (χ1n) is 8.43. The average Bonchev–Trinajstić information content (AvgIpc) is 2.90. The number of nitrogens with two attached hydrogens (primary N) is 1. The van der Waals surface area contributed by atoms with Crippen molar-refractivity contribution in [2.45, 2.75) is 66.6 Å². The third-order valence-corrected chi connectivity index (χ3v) is 6.49. The van der Waals surface area contributed by atoms with E-state index in [1.165, 1.54) is 0 Å². The van der Waals surface area contributed by atoms with Crippen molar-refractivity contribution in [1.82, 2.24) is 5.32 Å². The zero-order valence-corrected chi connectivity index (χ0v) is 14.5. The van der Waals surface area contributed by atoms with Crippen LogP contribution < -0.4 is 16.4 Å². The molecule has 4 N–H and O–H groups in total. The number of likely N-dealkylation sites (N-methyl/N-ethyl adjacent to an activating group) is 1. The molecule has 4 atom stereocenters. The number of alkyl halides is 3. The van der Waals surface area contributed by atoms with Crippen LogP contribution >= 0.6 is 11.8 Å². The molecule has 1 aromatic rings. The topological polar surface area (TPSA) is 50.1 Å². The summed E-state index contributed by atoms with van der Waals surface area (Å²) >= 11 is 0.945. The lowest BCUT2D eigenvalue weighted by Crippen LogP contribution is -2.42. The standard InChI is InChI=1S/C17H24F3N3S/c1-22-13-8-6-11(5-7-12(13)21)23-14-4-2-3-10-9-15(17(18,19)20)24-16(10)14/h2-4,11-13,15,22-23H,5-9,21H2,1H3. The summed E-state index contributed by atoms with van der Waals surface area (Å²) in [6, 6.07) is 6.24. The molecule has 2 aliphatic rings. The van der Waals surface area contributed by atoms with E-state index in [2.05, 4.69) is 10.6 Å². The molecule has 1 aromatic carbocycles. The van der Waals surface area contributed by atoms with E-state index in [1.54, 1.807) is 6.07 Å². The van der Waals surface area contributed by atoms with E-state index in [-0.39, 0.29) is 18.5 Å². The van der Waals surface area contributed by atoms with E-state index in [4.69, 9.17) is 5.73 Å². The Morgan fingerprint density at radius 3 is 2.62 bits per heavy atom. The molecule has 134 valence electrons. The van der Waals surface area contributed by atoms with Crippen LogP contribution in [0, 0.1) is 0 Å². The number of halogens is 3. The highest BCUT2D eigenvalue weighted by Crippen LogP contribution is 2.48. The molecule has 24 heavy (non-hydrogen) atoms. The largest absolute Gasteiger partial charge is 0.401 e. The molecule has 3 nitrogen and oxygen atoms in total. The zero-order chi connectivity index (χ0) is 17.3. The summed E-state index contributed by atoms with van der Waals surface area (Å²) in [6.45, 7) is 0. The molecule has 1 fully saturated rings. The van der Waals surface area contributed by atoms with Crippen molar-refractivity contribution in [3.05, 3.63) is 23.8 Å². The molecule has 0 radical (unpaired) electrons. The molecule has 0 amide bonds. The van der Waals surface area contributed by atoms with Crippen LogP contribution in [0.2, 0.25) is 0 Å². The monoisotopic (exact) mass is 359 g/mol. The molecular weight excluding hydrogens is 335 g/mol. The van der Waals surface area contributed by atoms with Gasteiger partial charge in [-0.25, -0.2) is 0 Å². The van der Waals surface area contributed by atoms with Crippen molar-refractivity contribution < 1.29 is 13.2 Å². The van der Waals surface area contributed by atoms with E-state index < -0.39 is 11.4 Å². The van der Waals surface area contributed by atoms with Gasteiger partial charge in [0.25, 0.3) is 0 Å². The summed E-state index contributed by atoms with van der Waals surface area (Å²) in [5.41, 5.74) is 7.82. The molecule has 1 saturated carbocycles. The summed E-state index contributed by atoms with van der Waals surface area (Å²) < 4.78 is 39.1. The van der Waals surface area contributed by atoms with Gasteiger partial charge in [-0.2, -0.15) is 13.2 Å². The Bertz CT molecular complexity index is 579. The van der Waals surface area contributed by atoms with Crippen molar-refractivity contribution in [2.75, 3.05) is 12.4 Å². The highest BCUT2D eigenvalue weighted by Gasteiger charge is 2.44. The summed E-state index contributed by atoms with van der Waals surface area (Å²) in [5, 5.41) is 5.42. The maximum absolute atomic E-state index is 13.0. The van der Waals surface area contributed by atoms with Crippen LogP contribution in [0.1, 0.15) is 31.2 Å². The van der Waals surface area contributed by atoms with E-state index in [0.717, 1.165) is 53.6 Å².